The molecule has 1 heterocycles. The number of halogens is 2. The summed E-state index contributed by atoms with van der Waals surface area (Å²) in [4.78, 5) is 30.9. The van der Waals surface area contributed by atoms with E-state index < -0.39 is 11.1 Å². The normalized spacial score (nSPS) is 17.6. The molecule has 9 heteroatoms. The lowest BCUT2D eigenvalue weighted by Crippen LogP contribution is -2.49. The lowest BCUT2D eigenvalue weighted by Gasteiger charge is -2.40. The van der Waals surface area contributed by atoms with Gasteiger partial charge in [0.25, 0.3) is 0 Å². The molecule has 42 heavy (non-hydrogen) atoms. The van der Waals surface area contributed by atoms with Crippen LogP contribution in [0.15, 0.2) is 131 Å². The summed E-state index contributed by atoms with van der Waals surface area (Å²) in [5, 5.41) is 5.37. The highest BCUT2D eigenvalue weighted by molar-refractivity contribution is 8.00. The second-order valence-electron chi connectivity index (χ2n) is 9.67. The Morgan fingerprint density at radius 1 is 0.857 bits per heavy atom. The Morgan fingerprint density at radius 2 is 1.62 bits per heavy atom. The molecule has 0 bridgehead atoms. The van der Waals surface area contributed by atoms with E-state index in [9.17, 15) is 14.0 Å². The minimum atomic E-state index is -0.619. The molecule has 0 aromatic heterocycles. The molecule has 0 spiro atoms. The minimum Gasteiger partial charge on any atom is -0.325 e. The van der Waals surface area contributed by atoms with Crippen LogP contribution >= 0.6 is 35.1 Å². The summed E-state index contributed by atoms with van der Waals surface area (Å²) in [5.74, 6) is -0.838. The van der Waals surface area contributed by atoms with Gasteiger partial charge in [0.2, 0.25) is 5.91 Å². The first kappa shape index (κ1) is 28.2. The lowest BCUT2D eigenvalue weighted by molar-refractivity contribution is -0.115. The molecule has 3 atom stereocenters. The van der Waals surface area contributed by atoms with Crippen LogP contribution in [0.5, 0.6) is 0 Å². The quantitative estimate of drug-likeness (QED) is 0.213. The Labute approximate surface area is 256 Å². The predicted octanol–water partition coefficient (Wildman–Crippen LogP) is 8.96. The number of allylic oxidation sites excluding steroid dienone is 2. The van der Waals surface area contributed by atoms with Crippen LogP contribution in [0.2, 0.25) is 5.02 Å². The van der Waals surface area contributed by atoms with E-state index in [1.165, 1.54) is 30.0 Å². The largest absolute Gasteiger partial charge is 0.326 e. The molecule has 2 aliphatic rings. The van der Waals surface area contributed by atoms with Gasteiger partial charge in [0, 0.05) is 21.2 Å². The third-order valence-corrected chi connectivity index (χ3v) is 9.67. The summed E-state index contributed by atoms with van der Waals surface area (Å²) >= 11 is 9.03. The molecule has 0 radical (unpaired) electrons. The van der Waals surface area contributed by atoms with Crippen molar-refractivity contribution in [3.63, 3.8) is 0 Å². The maximum absolute atomic E-state index is 13.7. The molecule has 0 saturated carbocycles. The van der Waals surface area contributed by atoms with Gasteiger partial charge in [0.05, 0.1) is 22.0 Å². The molecule has 0 fully saturated rings. The third kappa shape index (κ3) is 6.11. The standard InChI is InChI=1S/C33H25ClFN3O2S2/c34-25-20-23(17-18-26(25)35)36-32(39)31(21-9-2-1-3-10-21)41-24-12-8-11-22(19-24)37-33(40)38-27-13-4-6-15-29(27)42-30-16-7-5-14-28(30)38/h1-20,27,29,31H,(H,36,39)(H,37,40). The fourth-order valence-electron chi connectivity index (χ4n) is 4.87. The summed E-state index contributed by atoms with van der Waals surface area (Å²) in [6, 6.07) is 28.5. The smallest absolute Gasteiger partial charge is 0.325 e. The SMILES string of the molecule is O=C(Nc1ccc(F)c(Cl)c1)C(Sc1cccc(NC(=O)N2c3ccccc3SC3C=CC=CC32)c1)c1ccccc1. The topological polar surface area (TPSA) is 61.4 Å². The number of thioether (sulfide) groups is 2. The molecule has 4 aromatic rings. The predicted molar refractivity (Wildman–Crippen MR) is 171 cm³/mol. The zero-order valence-electron chi connectivity index (χ0n) is 22.1. The fourth-order valence-corrected chi connectivity index (χ4v) is 7.40. The maximum atomic E-state index is 13.7. The zero-order chi connectivity index (χ0) is 29.1. The number of rotatable bonds is 6. The van der Waals surface area contributed by atoms with Crippen molar-refractivity contribution < 1.29 is 14.0 Å². The van der Waals surface area contributed by atoms with Crippen molar-refractivity contribution >= 4 is 64.1 Å². The van der Waals surface area contributed by atoms with Gasteiger partial charge in [0.1, 0.15) is 11.1 Å². The van der Waals surface area contributed by atoms with Gasteiger partial charge in [-0.3, -0.25) is 9.69 Å². The summed E-state index contributed by atoms with van der Waals surface area (Å²) < 4.78 is 13.7. The second-order valence-corrected chi connectivity index (χ2v) is 12.5. The summed E-state index contributed by atoms with van der Waals surface area (Å²) in [6.07, 6.45) is 8.17. The molecule has 0 saturated heterocycles. The fraction of sp³-hybridized carbons (Fsp3) is 0.0909. The number of carbonyl (C=O) groups is 2. The second kappa shape index (κ2) is 12.5. The molecule has 210 valence electrons. The van der Waals surface area contributed by atoms with Gasteiger partial charge in [-0.1, -0.05) is 84.4 Å². The number of carbonyl (C=O) groups excluding carboxylic acids is 2. The Morgan fingerprint density at radius 3 is 2.45 bits per heavy atom. The highest BCUT2D eigenvalue weighted by Gasteiger charge is 2.36. The number of urea groups is 1. The van der Waals surface area contributed by atoms with Crippen molar-refractivity contribution in [3.05, 3.63) is 138 Å². The molecule has 2 N–H and O–H groups in total. The maximum Gasteiger partial charge on any atom is 0.326 e. The van der Waals surface area contributed by atoms with Crippen molar-refractivity contribution in [2.24, 2.45) is 0 Å². The van der Waals surface area contributed by atoms with Crippen LogP contribution in [0.3, 0.4) is 0 Å². The molecule has 6 rings (SSSR count). The van der Waals surface area contributed by atoms with Crippen LogP contribution in [0.1, 0.15) is 10.8 Å². The monoisotopic (exact) mass is 613 g/mol. The van der Waals surface area contributed by atoms with Gasteiger partial charge in [-0.15, -0.1) is 23.5 Å². The summed E-state index contributed by atoms with van der Waals surface area (Å²) in [6.45, 7) is 0. The van der Waals surface area contributed by atoms with Crippen LogP contribution < -0.4 is 15.5 Å². The first-order valence-electron chi connectivity index (χ1n) is 13.2. The third-order valence-electron chi connectivity index (χ3n) is 6.83. The average molecular weight is 614 g/mol. The molecule has 3 unspecified atom stereocenters. The molecule has 1 aliphatic carbocycles. The Balaban J connectivity index is 1.23. The number of fused-ring (bicyclic) bond motifs is 2. The van der Waals surface area contributed by atoms with E-state index in [1.807, 2.05) is 95.9 Å². The molecular formula is C33H25ClFN3O2S2. The van der Waals surface area contributed by atoms with E-state index in [4.69, 9.17) is 11.6 Å². The number of hydrogen-bond acceptors (Lipinski definition) is 4. The summed E-state index contributed by atoms with van der Waals surface area (Å²) in [7, 11) is 0. The van der Waals surface area contributed by atoms with Gasteiger partial charge in [-0.2, -0.15) is 0 Å². The number of nitrogens with one attached hydrogen (secondary N) is 2. The number of nitrogens with zero attached hydrogens (tertiary/aromatic N) is 1. The highest BCUT2D eigenvalue weighted by Crippen LogP contribution is 2.44. The molecule has 1 aliphatic heterocycles. The zero-order valence-corrected chi connectivity index (χ0v) is 24.5. The van der Waals surface area contributed by atoms with Gasteiger partial charge < -0.3 is 10.6 Å². The Hall–Kier alpha value is -3.98. The van der Waals surface area contributed by atoms with Crippen LogP contribution in [0, 0.1) is 5.82 Å². The Kier molecular flexibility index (Phi) is 8.37. The van der Waals surface area contributed by atoms with E-state index in [0.29, 0.717) is 11.4 Å². The van der Waals surface area contributed by atoms with Crippen LogP contribution in [0.25, 0.3) is 0 Å². The van der Waals surface area contributed by atoms with E-state index in [0.717, 1.165) is 21.0 Å². The molecule has 4 aromatic carbocycles. The number of anilines is 3. The molecule has 3 amide bonds. The van der Waals surface area contributed by atoms with Crippen LogP contribution in [0.4, 0.5) is 26.2 Å². The summed E-state index contributed by atoms with van der Waals surface area (Å²) in [5.41, 5.74) is 2.69. The molecule has 5 nitrogen and oxygen atoms in total. The number of benzene rings is 4. The van der Waals surface area contributed by atoms with E-state index in [1.54, 1.807) is 11.8 Å². The van der Waals surface area contributed by atoms with Gasteiger partial charge in [0.15, 0.2) is 0 Å². The Bertz CT molecular complexity index is 1700. The first-order chi connectivity index (χ1) is 20.5. The van der Waals surface area contributed by atoms with Crippen LogP contribution in [-0.2, 0) is 4.79 Å². The minimum absolute atomic E-state index is 0.0684. The average Bonchev–Trinajstić information content (AvgIpc) is 3.01. The lowest BCUT2D eigenvalue weighted by atomic mass is 10.1. The van der Waals surface area contributed by atoms with Crippen molar-refractivity contribution in [3.8, 4) is 0 Å². The number of amides is 3. The van der Waals surface area contributed by atoms with Gasteiger partial charge >= 0.3 is 6.03 Å². The first-order valence-corrected chi connectivity index (χ1v) is 15.4. The number of para-hydroxylation sites is 1. The van der Waals surface area contributed by atoms with Gasteiger partial charge in [-0.05, 0) is 54.1 Å². The van der Waals surface area contributed by atoms with Gasteiger partial charge in [-0.25, -0.2) is 9.18 Å². The van der Waals surface area contributed by atoms with E-state index in [-0.39, 0.29) is 28.3 Å². The van der Waals surface area contributed by atoms with Crippen molar-refractivity contribution in [2.75, 3.05) is 15.5 Å². The van der Waals surface area contributed by atoms with Crippen molar-refractivity contribution in [2.45, 2.75) is 26.3 Å². The van der Waals surface area contributed by atoms with E-state index in [2.05, 4.69) is 22.8 Å². The molecular weight excluding hydrogens is 589 g/mol. The van der Waals surface area contributed by atoms with Crippen LogP contribution in [-0.4, -0.2) is 23.2 Å². The highest BCUT2D eigenvalue weighted by atomic mass is 35.5. The van der Waals surface area contributed by atoms with Crippen molar-refractivity contribution in [1.29, 1.82) is 0 Å². The number of hydrogen-bond donors (Lipinski definition) is 2. The van der Waals surface area contributed by atoms with E-state index >= 15 is 0 Å². The van der Waals surface area contributed by atoms with Crippen molar-refractivity contribution in [1.82, 2.24) is 0 Å².